The Bertz CT molecular complexity index is 1350. The van der Waals surface area contributed by atoms with Gasteiger partial charge in [-0.05, 0) is 35.4 Å². The van der Waals surface area contributed by atoms with Crippen LogP contribution in [0.4, 0.5) is 0 Å². The molecule has 5 aromatic rings. The largest absolute Gasteiger partial charge is 1.00 e. The van der Waals surface area contributed by atoms with E-state index in [1.807, 2.05) is 0 Å². The first-order valence-corrected chi connectivity index (χ1v) is 9.25. The van der Waals surface area contributed by atoms with Gasteiger partial charge >= 0.3 is 0 Å². The van der Waals surface area contributed by atoms with Crippen molar-refractivity contribution in [2.45, 2.75) is 0 Å². The molecular weight excluding hydrogens is 455 g/mol. The fourth-order valence-electron chi connectivity index (χ4n) is 4.01. The van der Waals surface area contributed by atoms with Crippen LogP contribution in [0.5, 0.6) is 0 Å². The highest BCUT2D eigenvalue weighted by Crippen LogP contribution is 2.29. The second-order valence-electron chi connectivity index (χ2n) is 7.09. The van der Waals surface area contributed by atoms with Crippen LogP contribution in [0.25, 0.3) is 44.9 Å². The highest BCUT2D eigenvalue weighted by Gasteiger charge is 2.08. The highest BCUT2D eigenvalue weighted by molar-refractivity contribution is 6.08. The Hall–Kier alpha value is -2.66. The minimum absolute atomic E-state index is 0. The normalized spacial score (nSPS) is 11.5. The quantitative estimate of drug-likeness (QED) is 0.274. The molecule has 0 aliphatic rings. The lowest BCUT2D eigenvalue weighted by Gasteiger charge is -2.01. The lowest BCUT2D eigenvalue weighted by Crippen LogP contribution is -3.00. The van der Waals surface area contributed by atoms with E-state index in [2.05, 4.69) is 114 Å². The molecule has 2 aromatic heterocycles. The minimum Gasteiger partial charge on any atom is -1.00 e. The van der Waals surface area contributed by atoms with Gasteiger partial charge in [0.2, 0.25) is 5.52 Å². The predicted molar refractivity (Wildman–Crippen MR) is 114 cm³/mol. The Morgan fingerprint density at radius 1 is 0.750 bits per heavy atom. The van der Waals surface area contributed by atoms with Crippen LogP contribution >= 0.6 is 0 Å². The third kappa shape index (κ3) is 3.00. The Kier molecular flexibility index (Phi) is 4.94. The fraction of sp³-hybridized carbons (Fsp3) is 0.0800. The van der Waals surface area contributed by atoms with Crippen LogP contribution in [0.3, 0.4) is 0 Å². The van der Waals surface area contributed by atoms with E-state index in [0.717, 1.165) is 0 Å². The number of halogens is 1. The van der Waals surface area contributed by atoms with E-state index in [0.29, 0.717) is 0 Å². The third-order valence-corrected chi connectivity index (χ3v) is 5.47. The van der Waals surface area contributed by atoms with Crippen LogP contribution in [0.15, 0.2) is 79.0 Å². The van der Waals surface area contributed by atoms with E-state index < -0.39 is 0 Å². The number of pyridine rings is 1. The van der Waals surface area contributed by atoms with E-state index >= 15 is 0 Å². The van der Waals surface area contributed by atoms with Crippen molar-refractivity contribution in [1.29, 1.82) is 0 Å². The molecule has 0 saturated carbocycles. The summed E-state index contributed by atoms with van der Waals surface area (Å²) in [4.78, 5) is 0. The molecule has 0 atom stereocenters. The van der Waals surface area contributed by atoms with Crippen molar-refractivity contribution in [2.24, 2.45) is 14.1 Å². The van der Waals surface area contributed by atoms with E-state index in [9.17, 15) is 0 Å². The first kappa shape index (κ1) is 18.7. The van der Waals surface area contributed by atoms with Gasteiger partial charge in [-0.25, -0.2) is 4.57 Å². The smallest absolute Gasteiger partial charge is 0.212 e. The Balaban J connectivity index is 0.00000192. The van der Waals surface area contributed by atoms with Gasteiger partial charge in [0.25, 0.3) is 0 Å². The number of hydrogen-bond acceptors (Lipinski definition) is 0. The van der Waals surface area contributed by atoms with Gasteiger partial charge in [0.1, 0.15) is 7.05 Å². The number of hydrogen-bond donors (Lipinski definition) is 0. The number of benzene rings is 3. The van der Waals surface area contributed by atoms with Crippen LogP contribution in [-0.2, 0) is 14.1 Å². The summed E-state index contributed by atoms with van der Waals surface area (Å²) in [6, 6.07) is 26.0. The summed E-state index contributed by atoms with van der Waals surface area (Å²) >= 11 is 0. The lowest BCUT2D eigenvalue weighted by molar-refractivity contribution is -0.644. The maximum atomic E-state index is 2.29. The van der Waals surface area contributed by atoms with E-state index in [1.54, 1.807) is 0 Å². The van der Waals surface area contributed by atoms with Crippen LogP contribution in [0, 0.1) is 0 Å². The molecule has 3 aromatic carbocycles. The summed E-state index contributed by atoms with van der Waals surface area (Å²) in [7, 11) is 4.22. The lowest BCUT2D eigenvalue weighted by atomic mass is 10.1. The monoisotopic (exact) mass is 476 g/mol. The van der Waals surface area contributed by atoms with Crippen LogP contribution in [0.1, 0.15) is 11.1 Å². The summed E-state index contributed by atoms with van der Waals surface area (Å²) < 4.78 is 4.43. The summed E-state index contributed by atoms with van der Waals surface area (Å²) in [5.41, 5.74) is 6.24. The average molecular weight is 476 g/mol. The average Bonchev–Trinajstić information content (AvgIpc) is 3.00. The summed E-state index contributed by atoms with van der Waals surface area (Å²) in [6.45, 7) is 0. The number of aryl methyl sites for hydroxylation is 2. The van der Waals surface area contributed by atoms with Crippen molar-refractivity contribution < 1.29 is 28.5 Å². The molecule has 0 aliphatic carbocycles. The fourth-order valence-corrected chi connectivity index (χ4v) is 4.01. The molecule has 28 heavy (non-hydrogen) atoms. The van der Waals surface area contributed by atoms with Crippen LogP contribution in [-0.4, -0.2) is 4.57 Å². The van der Waals surface area contributed by atoms with Crippen molar-refractivity contribution in [3.63, 3.8) is 0 Å². The molecule has 138 valence electrons. The highest BCUT2D eigenvalue weighted by atomic mass is 127. The van der Waals surface area contributed by atoms with Gasteiger partial charge in [-0.1, -0.05) is 48.6 Å². The van der Waals surface area contributed by atoms with Gasteiger partial charge in [-0.2, -0.15) is 0 Å². The standard InChI is InChI=1S/C25H21N2.HI/c1-26-16-15-19(20-7-3-5-9-23(20)26)13-11-18-12-14-25-22(17-18)21-8-4-6-10-24(21)27(25)2;/h3-17H,1-2H3;1H/q+1;/p-1. The summed E-state index contributed by atoms with van der Waals surface area (Å²) in [6.07, 6.45) is 6.55. The molecule has 0 spiro atoms. The van der Waals surface area contributed by atoms with Gasteiger partial charge in [0.15, 0.2) is 6.20 Å². The molecule has 5 rings (SSSR count). The molecule has 0 saturated heterocycles. The molecule has 3 heteroatoms. The Morgan fingerprint density at radius 3 is 2.32 bits per heavy atom. The molecule has 0 fully saturated rings. The molecule has 0 bridgehead atoms. The molecule has 0 N–H and O–H groups in total. The molecule has 2 heterocycles. The van der Waals surface area contributed by atoms with Gasteiger partial charge in [-0.3, -0.25) is 0 Å². The second kappa shape index (κ2) is 7.40. The molecule has 2 nitrogen and oxygen atoms in total. The topological polar surface area (TPSA) is 8.81 Å². The zero-order valence-electron chi connectivity index (χ0n) is 15.9. The number of nitrogens with zero attached hydrogens (tertiary/aromatic N) is 2. The maximum Gasteiger partial charge on any atom is 0.212 e. The molecule has 0 aliphatic heterocycles. The SMILES string of the molecule is Cn1c2ccccc2c2cc(/C=C/c3cc[n+](C)c4ccccc34)ccc21.[I-]. The maximum absolute atomic E-state index is 2.29. The first-order chi connectivity index (χ1) is 13.2. The Labute approximate surface area is 181 Å². The van der Waals surface area contributed by atoms with Crippen LogP contribution in [0.2, 0.25) is 0 Å². The third-order valence-electron chi connectivity index (χ3n) is 5.47. The van der Waals surface area contributed by atoms with Gasteiger partial charge in [0.05, 0.1) is 5.39 Å². The number of para-hydroxylation sites is 2. The first-order valence-electron chi connectivity index (χ1n) is 9.25. The van der Waals surface area contributed by atoms with Gasteiger partial charge < -0.3 is 28.5 Å². The van der Waals surface area contributed by atoms with Crippen molar-refractivity contribution in [3.05, 3.63) is 90.1 Å². The molecular formula is C25H21IN2. The van der Waals surface area contributed by atoms with Crippen molar-refractivity contribution in [1.82, 2.24) is 4.57 Å². The van der Waals surface area contributed by atoms with Crippen LogP contribution < -0.4 is 28.5 Å². The zero-order valence-corrected chi connectivity index (χ0v) is 18.1. The van der Waals surface area contributed by atoms with Crippen molar-refractivity contribution in [2.75, 3.05) is 0 Å². The van der Waals surface area contributed by atoms with E-state index in [4.69, 9.17) is 0 Å². The van der Waals surface area contributed by atoms with Crippen molar-refractivity contribution in [3.8, 4) is 0 Å². The predicted octanol–water partition coefficient (Wildman–Crippen LogP) is 2.48. The molecule has 0 unspecified atom stereocenters. The van der Waals surface area contributed by atoms with Crippen molar-refractivity contribution >= 4 is 44.9 Å². The zero-order chi connectivity index (χ0) is 18.4. The Morgan fingerprint density at radius 2 is 1.46 bits per heavy atom. The summed E-state index contributed by atoms with van der Waals surface area (Å²) in [5.74, 6) is 0. The number of rotatable bonds is 2. The van der Waals surface area contributed by atoms with Gasteiger partial charge in [-0.15, -0.1) is 0 Å². The van der Waals surface area contributed by atoms with E-state index in [1.165, 1.54) is 43.8 Å². The molecule has 0 radical (unpaired) electrons. The van der Waals surface area contributed by atoms with E-state index in [-0.39, 0.29) is 24.0 Å². The number of fused-ring (bicyclic) bond motifs is 4. The number of aromatic nitrogens is 2. The van der Waals surface area contributed by atoms with Gasteiger partial charge in [0, 0.05) is 41.0 Å². The summed E-state index contributed by atoms with van der Waals surface area (Å²) in [5, 5.41) is 3.88. The molecule has 0 amide bonds. The minimum atomic E-state index is 0. The second-order valence-corrected chi connectivity index (χ2v) is 7.09.